The lowest BCUT2D eigenvalue weighted by Gasteiger charge is -2.15. The van der Waals surface area contributed by atoms with Crippen LogP contribution in [0.3, 0.4) is 0 Å². The fourth-order valence-corrected chi connectivity index (χ4v) is 3.78. The average molecular weight is 318 g/mol. The molecule has 22 heavy (non-hydrogen) atoms. The molecule has 1 aromatic carbocycles. The van der Waals surface area contributed by atoms with Crippen LogP contribution in [0.25, 0.3) is 0 Å². The number of nitrogens with zero attached hydrogens (tertiary/aromatic N) is 2. The molecular formula is C17H22N2O2S. The number of aryl methyl sites for hydroxylation is 2. The van der Waals surface area contributed by atoms with Gasteiger partial charge in [-0.2, -0.15) is 0 Å². The van der Waals surface area contributed by atoms with Crippen molar-refractivity contribution in [1.82, 2.24) is 9.13 Å². The molecule has 0 spiro atoms. The molecule has 5 heteroatoms. The third kappa shape index (κ3) is 2.90. The fraction of sp³-hybridized carbons (Fsp3) is 0.412. The van der Waals surface area contributed by atoms with Crippen LogP contribution >= 0.6 is 11.8 Å². The molecular weight excluding hydrogens is 296 g/mol. The fourth-order valence-electron chi connectivity index (χ4n) is 2.46. The van der Waals surface area contributed by atoms with Crippen LogP contribution in [0.2, 0.25) is 0 Å². The van der Waals surface area contributed by atoms with Crippen LogP contribution in [0.1, 0.15) is 27.9 Å². The number of hydrogen-bond donors (Lipinski definition) is 0. The minimum atomic E-state index is -0.281. The highest BCUT2D eigenvalue weighted by Gasteiger charge is 2.11. The molecule has 2 aromatic rings. The smallest absolute Gasteiger partial charge is 0.300 e. The number of rotatable bonds is 3. The summed E-state index contributed by atoms with van der Waals surface area (Å²) >= 11 is 1.68. The van der Waals surface area contributed by atoms with Gasteiger partial charge in [0, 0.05) is 36.5 Å². The second kappa shape index (κ2) is 6.16. The van der Waals surface area contributed by atoms with Crippen LogP contribution in [-0.4, -0.2) is 9.13 Å². The van der Waals surface area contributed by atoms with Crippen molar-refractivity contribution in [3.63, 3.8) is 0 Å². The molecule has 0 fully saturated rings. The van der Waals surface area contributed by atoms with Crippen LogP contribution in [0.15, 0.2) is 26.6 Å². The van der Waals surface area contributed by atoms with Crippen molar-refractivity contribution in [2.24, 2.45) is 14.1 Å². The summed E-state index contributed by atoms with van der Waals surface area (Å²) in [5, 5.41) is 0. The maximum atomic E-state index is 12.0. The Morgan fingerprint density at radius 3 is 2.00 bits per heavy atom. The van der Waals surface area contributed by atoms with Gasteiger partial charge in [0.05, 0.1) is 0 Å². The van der Waals surface area contributed by atoms with Gasteiger partial charge in [-0.1, -0.05) is 6.07 Å². The van der Waals surface area contributed by atoms with E-state index < -0.39 is 0 Å². The standard InChI is InChI=1S/C17H22N2O2S/c1-10-7-11(2)13(4)16(12(10)3)22-9-14-8-15(20)19(6)17(21)18(14)5/h7-8H,9H2,1-6H3. The second-order valence-corrected chi connectivity index (χ2v) is 6.74. The molecule has 0 saturated carbocycles. The van der Waals surface area contributed by atoms with E-state index in [1.165, 1.54) is 34.2 Å². The molecule has 0 amide bonds. The summed E-state index contributed by atoms with van der Waals surface area (Å²) in [4.78, 5) is 25.0. The predicted molar refractivity (Wildman–Crippen MR) is 91.9 cm³/mol. The molecule has 0 N–H and O–H groups in total. The molecule has 0 unspecified atom stereocenters. The molecule has 0 atom stereocenters. The molecule has 2 rings (SSSR count). The molecule has 0 aliphatic rings. The van der Waals surface area contributed by atoms with E-state index in [9.17, 15) is 9.59 Å². The van der Waals surface area contributed by atoms with Crippen LogP contribution in [-0.2, 0) is 19.8 Å². The van der Waals surface area contributed by atoms with Gasteiger partial charge < -0.3 is 0 Å². The minimum absolute atomic E-state index is 0.257. The van der Waals surface area contributed by atoms with Gasteiger partial charge in [0.25, 0.3) is 5.56 Å². The zero-order valence-corrected chi connectivity index (χ0v) is 14.8. The Morgan fingerprint density at radius 1 is 0.909 bits per heavy atom. The van der Waals surface area contributed by atoms with Gasteiger partial charge in [0.1, 0.15) is 0 Å². The SMILES string of the molecule is Cc1cc(C)c(C)c(SCc2cc(=O)n(C)c(=O)n2C)c1C. The summed E-state index contributed by atoms with van der Waals surface area (Å²) in [6.07, 6.45) is 0. The van der Waals surface area contributed by atoms with E-state index in [2.05, 4.69) is 33.8 Å². The van der Waals surface area contributed by atoms with E-state index in [1.807, 2.05) is 0 Å². The van der Waals surface area contributed by atoms with E-state index in [-0.39, 0.29) is 11.2 Å². The first-order chi connectivity index (χ1) is 10.2. The summed E-state index contributed by atoms with van der Waals surface area (Å²) in [6, 6.07) is 3.74. The Bertz CT molecular complexity index is 821. The lowest BCUT2D eigenvalue weighted by Crippen LogP contribution is -2.37. The first-order valence-corrected chi connectivity index (χ1v) is 8.18. The molecule has 0 aliphatic carbocycles. The van der Waals surface area contributed by atoms with Gasteiger partial charge in [-0.05, 0) is 49.9 Å². The lowest BCUT2D eigenvalue weighted by atomic mass is 10.0. The third-order valence-corrected chi connectivity index (χ3v) is 5.63. The summed E-state index contributed by atoms with van der Waals surface area (Å²) in [6.45, 7) is 8.46. The Hall–Kier alpha value is -1.75. The Balaban J connectivity index is 2.41. The zero-order chi connectivity index (χ0) is 16.6. The van der Waals surface area contributed by atoms with Crippen molar-refractivity contribution >= 4 is 11.8 Å². The minimum Gasteiger partial charge on any atom is -0.300 e. The molecule has 1 aromatic heterocycles. The zero-order valence-electron chi connectivity index (χ0n) is 14.0. The summed E-state index contributed by atoms with van der Waals surface area (Å²) in [5.41, 5.74) is 5.27. The Morgan fingerprint density at radius 2 is 1.45 bits per heavy atom. The van der Waals surface area contributed by atoms with Gasteiger partial charge in [-0.25, -0.2) is 4.79 Å². The molecule has 0 saturated heterocycles. The monoisotopic (exact) mass is 318 g/mol. The molecule has 4 nitrogen and oxygen atoms in total. The van der Waals surface area contributed by atoms with E-state index in [0.717, 1.165) is 10.3 Å². The predicted octanol–water partition coefficient (Wildman–Crippen LogP) is 2.61. The third-order valence-electron chi connectivity index (χ3n) is 4.29. The van der Waals surface area contributed by atoms with Gasteiger partial charge in [-0.15, -0.1) is 11.8 Å². The van der Waals surface area contributed by atoms with Crippen molar-refractivity contribution in [3.8, 4) is 0 Å². The molecule has 118 valence electrons. The topological polar surface area (TPSA) is 44.0 Å². The van der Waals surface area contributed by atoms with E-state index in [0.29, 0.717) is 5.75 Å². The number of hydrogen-bond acceptors (Lipinski definition) is 3. The van der Waals surface area contributed by atoms with Gasteiger partial charge in [-0.3, -0.25) is 13.9 Å². The summed E-state index contributed by atoms with van der Waals surface area (Å²) in [5.74, 6) is 0.604. The number of thioether (sulfide) groups is 1. The highest BCUT2D eigenvalue weighted by Crippen LogP contribution is 2.32. The van der Waals surface area contributed by atoms with Crippen LogP contribution in [0.4, 0.5) is 0 Å². The second-order valence-electron chi connectivity index (χ2n) is 5.75. The Labute approximate surface area is 134 Å². The van der Waals surface area contributed by atoms with Gasteiger partial charge in [0.15, 0.2) is 0 Å². The summed E-state index contributed by atoms with van der Waals surface area (Å²) < 4.78 is 2.67. The maximum absolute atomic E-state index is 12.0. The molecule has 1 heterocycles. The molecule has 0 bridgehead atoms. The summed E-state index contributed by atoms with van der Waals surface area (Å²) in [7, 11) is 3.21. The number of benzene rings is 1. The van der Waals surface area contributed by atoms with Crippen LogP contribution < -0.4 is 11.2 Å². The van der Waals surface area contributed by atoms with E-state index >= 15 is 0 Å². The molecule has 0 aliphatic heterocycles. The Kier molecular flexibility index (Phi) is 4.66. The first-order valence-electron chi connectivity index (χ1n) is 7.20. The average Bonchev–Trinajstić information content (AvgIpc) is 2.48. The quantitative estimate of drug-likeness (QED) is 0.817. The van der Waals surface area contributed by atoms with Gasteiger partial charge in [0.2, 0.25) is 0 Å². The van der Waals surface area contributed by atoms with Crippen molar-refractivity contribution in [2.75, 3.05) is 0 Å². The van der Waals surface area contributed by atoms with Crippen LogP contribution in [0.5, 0.6) is 0 Å². The molecule has 0 radical (unpaired) electrons. The highest BCUT2D eigenvalue weighted by atomic mass is 32.2. The van der Waals surface area contributed by atoms with Crippen molar-refractivity contribution in [2.45, 2.75) is 38.3 Å². The van der Waals surface area contributed by atoms with Crippen molar-refractivity contribution in [3.05, 3.63) is 60.9 Å². The van der Waals surface area contributed by atoms with Crippen molar-refractivity contribution in [1.29, 1.82) is 0 Å². The van der Waals surface area contributed by atoms with Crippen LogP contribution in [0, 0.1) is 27.7 Å². The normalized spacial score (nSPS) is 11.0. The van der Waals surface area contributed by atoms with Crippen molar-refractivity contribution < 1.29 is 0 Å². The van der Waals surface area contributed by atoms with Gasteiger partial charge >= 0.3 is 5.69 Å². The maximum Gasteiger partial charge on any atom is 0.330 e. The highest BCUT2D eigenvalue weighted by molar-refractivity contribution is 7.98. The number of aromatic nitrogens is 2. The van der Waals surface area contributed by atoms with E-state index in [4.69, 9.17) is 0 Å². The lowest BCUT2D eigenvalue weighted by molar-refractivity contribution is 0.665. The largest absolute Gasteiger partial charge is 0.330 e. The first kappa shape index (κ1) is 16.6. The van der Waals surface area contributed by atoms with E-state index in [1.54, 1.807) is 29.4 Å².